The summed E-state index contributed by atoms with van der Waals surface area (Å²) in [6.07, 6.45) is 3.47. The van der Waals surface area contributed by atoms with Gasteiger partial charge in [-0.15, -0.1) is 0 Å². The Kier molecular flexibility index (Phi) is 2.59. The molecule has 0 aliphatic carbocycles. The Labute approximate surface area is 108 Å². The fourth-order valence-corrected chi connectivity index (χ4v) is 1.73. The number of ether oxygens (including phenoxy) is 1. The summed E-state index contributed by atoms with van der Waals surface area (Å²) in [6, 6.07) is 3.71. The SMILES string of the molecule is CC(C)n1cc(Oc2ccc(N)c3nonc23)cn1. The second-order valence-corrected chi connectivity index (χ2v) is 4.47. The average Bonchev–Trinajstić information content (AvgIpc) is 3.01. The number of fused-ring (bicyclic) bond motifs is 1. The largest absolute Gasteiger partial charge is 0.452 e. The Bertz CT molecular complexity index is 716. The molecule has 0 unspecified atom stereocenters. The number of nitrogen functional groups attached to an aromatic ring is 1. The maximum atomic E-state index is 5.77. The van der Waals surface area contributed by atoms with Crippen molar-refractivity contribution in [3.63, 3.8) is 0 Å². The van der Waals surface area contributed by atoms with E-state index in [0.29, 0.717) is 28.2 Å². The van der Waals surface area contributed by atoms with Crippen molar-refractivity contribution in [2.24, 2.45) is 0 Å². The minimum Gasteiger partial charge on any atom is -0.452 e. The Morgan fingerprint density at radius 3 is 2.79 bits per heavy atom. The van der Waals surface area contributed by atoms with E-state index in [1.165, 1.54) is 0 Å². The lowest BCUT2D eigenvalue weighted by molar-refractivity contribution is 0.314. The topological polar surface area (TPSA) is 92.0 Å². The van der Waals surface area contributed by atoms with Gasteiger partial charge in [0.05, 0.1) is 18.1 Å². The van der Waals surface area contributed by atoms with Crippen LogP contribution in [0, 0.1) is 0 Å². The summed E-state index contributed by atoms with van der Waals surface area (Å²) < 4.78 is 12.2. The maximum absolute atomic E-state index is 5.77. The van der Waals surface area contributed by atoms with Gasteiger partial charge in [-0.3, -0.25) is 4.68 Å². The van der Waals surface area contributed by atoms with Crippen molar-refractivity contribution in [2.75, 3.05) is 5.73 Å². The first-order valence-electron chi connectivity index (χ1n) is 5.88. The zero-order valence-electron chi connectivity index (χ0n) is 10.6. The Morgan fingerprint density at radius 1 is 1.26 bits per heavy atom. The molecule has 0 fully saturated rings. The highest BCUT2D eigenvalue weighted by atomic mass is 16.6. The molecule has 1 aromatic carbocycles. The van der Waals surface area contributed by atoms with E-state index in [1.807, 2.05) is 24.7 Å². The van der Waals surface area contributed by atoms with Gasteiger partial charge >= 0.3 is 0 Å². The number of hydrogen-bond acceptors (Lipinski definition) is 6. The van der Waals surface area contributed by atoms with Crippen molar-refractivity contribution in [2.45, 2.75) is 19.9 Å². The van der Waals surface area contributed by atoms with Gasteiger partial charge in [-0.1, -0.05) is 0 Å². The van der Waals surface area contributed by atoms with E-state index in [-0.39, 0.29) is 6.04 Å². The van der Waals surface area contributed by atoms with Crippen molar-refractivity contribution < 1.29 is 9.37 Å². The van der Waals surface area contributed by atoms with Crippen LogP contribution >= 0.6 is 0 Å². The molecule has 0 radical (unpaired) electrons. The molecule has 0 aliphatic heterocycles. The normalized spacial score (nSPS) is 11.3. The third-order valence-corrected chi connectivity index (χ3v) is 2.74. The monoisotopic (exact) mass is 259 g/mol. The first-order chi connectivity index (χ1) is 9.15. The Morgan fingerprint density at radius 2 is 2.05 bits per heavy atom. The molecular weight excluding hydrogens is 246 g/mol. The summed E-state index contributed by atoms with van der Waals surface area (Å²) in [5.74, 6) is 1.16. The molecule has 2 heterocycles. The van der Waals surface area contributed by atoms with E-state index in [1.54, 1.807) is 18.3 Å². The minimum atomic E-state index is 0.275. The number of nitrogens with zero attached hydrogens (tertiary/aromatic N) is 4. The summed E-state index contributed by atoms with van der Waals surface area (Å²) in [6.45, 7) is 4.08. The second kappa shape index (κ2) is 4.27. The zero-order chi connectivity index (χ0) is 13.4. The van der Waals surface area contributed by atoms with Crippen molar-refractivity contribution >= 4 is 16.7 Å². The smallest absolute Gasteiger partial charge is 0.179 e. The molecular formula is C12H13N5O2. The van der Waals surface area contributed by atoms with Crippen molar-refractivity contribution in [1.29, 1.82) is 0 Å². The van der Waals surface area contributed by atoms with E-state index in [4.69, 9.17) is 10.5 Å². The summed E-state index contributed by atoms with van der Waals surface area (Å²) >= 11 is 0. The first kappa shape index (κ1) is 11.5. The molecule has 7 nitrogen and oxygen atoms in total. The van der Waals surface area contributed by atoms with Crippen LogP contribution in [0.2, 0.25) is 0 Å². The summed E-state index contributed by atoms with van der Waals surface area (Å²) in [5.41, 5.74) is 7.27. The predicted molar refractivity (Wildman–Crippen MR) is 68.9 cm³/mol. The number of benzene rings is 1. The molecule has 2 N–H and O–H groups in total. The lowest BCUT2D eigenvalue weighted by Crippen LogP contribution is -1.99. The highest BCUT2D eigenvalue weighted by Gasteiger charge is 2.12. The lowest BCUT2D eigenvalue weighted by atomic mass is 10.2. The van der Waals surface area contributed by atoms with Crippen LogP contribution in [0.3, 0.4) is 0 Å². The molecule has 0 bridgehead atoms. The van der Waals surface area contributed by atoms with E-state index >= 15 is 0 Å². The number of nitrogens with two attached hydrogens (primary N) is 1. The molecule has 0 spiro atoms. The van der Waals surface area contributed by atoms with Crippen LogP contribution < -0.4 is 10.5 Å². The molecule has 0 saturated heterocycles. The number of aromatic nitrogens is 4. The summed E-state index contributed by atoms with van der Waals surface area (Å²) in [7, 11) is 0. The zero-order valence-corrected chi connectivity index (χ0v) is 10.6. The van der Waals surface area contributed by atoms with Gasteiger partial charge in [0.1, 0.15) is 0 Å². The highest BCUT2D eigenvalue weighted by molar-refractivity contribution is 5.90. The van der Waals surface area contributed by atoms with Gasteiger partial charge in [0, 0.05) is 6.04 Å². The summed E-state index contributed by atoms with van der Waals surface area (Å²) in [4.78, 5) is 0. The van der Waals surface area contributed by atoms with Crippen LogP contribution in [0.1, 0.15) is 19.9 Å². The molecule has 2 aromatic heterocycles. The number of anilines is 1. The third kappa shape index (κ3) is 1.99. The van der Waals surface area contributed by atoms with Crippen LogP contribution in [0.4, 0.5) is 5.69 Å². The maximum Gasteiger partial charge on any atom is 0.179 e. The van der Waals surface area contributed by atoms with Crippen LogP contribution in [0.25, 0.3) is 11.0 Å². The molecule has 0 saturated carbocycles. The highest BCUT2D eigenvalue weighted by Crippen LogP contribution is 2.30. The van der Waals surface area contributed by atoms with Gasteiger partial charge in [-0.2, -0.15) is 5.10 Å². The average molecular weight is 259 g/mol. The van der Waals surface area contributed by atoms with Gasteiger partial charge in [0.15, 0.2) is 22.5 Å². The third-order valence-electron chi connectivity index (χ3n) is 2.74. The van der Waals surface area contributed by atoms with Gasteiger partial charge in [-0.05, 0) is 36.3 Å². The van der Waals surface area contributed by atoms with Crippen LogP contribution in [-0.4, -0.2) is 20.1 Å². The molecule has 19 heavy (non-hydrogen) atoms. The van der Waals surface area contributed by atoms with Crippen LogP contribution in [0.5, 0.6) is 11.5 Å². The van der Waals surface area contributed by atoms with E-state index < -0.39 is 0 Å². The summed E-state index contributed by atoms with van der Waals surface area (Å²) in [5, 5.41) is 11.7. The lowest BCUT2D eigenvalue weighted by Gasteiger charge is -2.04. The second-order valence-electron chi connectivity index (χ2n) is 4.47. The molecule has 98 valence electrons. The predicted octanol–water partition coefficient (Wildman–Crippen LogP) is 2.37. The number of rotatable bonds is 3. The Balaban J connectivity index is 1.96. The first-order valence-corrected chi connectivity index (χ1v) is 5.88. The molecule has 7 heteroatoms. The standard InChI is InChI=1S/C12H13N5O2/c1-7(2)17-6-8(5-14-17)18-10-4-3-9(13)11-12(10)16-19-15-11/h3-7H,13H2,1-2H3. The van der Waals surface area contributed by atoms with Gasteiger partial charge in [0.2, 0.25) is 0 Å². The van der Waals surface area contributed by atoms with E-state index in [9.17, 15) is 0 Å². The fraction of sp³-hybridized carbons (Fsp3) is 0.250. The van der Waals surface area contributed by atoms with Crippen LogP contribution in [0.15, 0.2) is 29.2 Å². The van der Waals surface area contributed by atoms with Crippen molar-refractivity contribution in [3.05, 3.63) is 24.5 Å². The van der Waals surface area contributed by atoms with Crippen molar-refractivity contribution in [1.82, 2.24) is 20.1 Å². The Hall–Kier alpha value is -2.57. The minimum absolute atomic E-state index is 0.275. The number of hydrogen-bond donors (Lipinski definition) is 1. The molecule has 3 aromatic rings. The van der Waals surface area contributed by atoms with Crippen LogP contribution in [-0.2, 0) is 0 Å². The molecule has 0 atom stereocenters. The molecule has 0 amide bonds. The van der Waals surface area contributed by atoms with Gasteiger partial charge in [0.25, 0.3) is 0 Å². The van der Waals surface area contributed by atoms with E-state index in [2.05, 4.69) is 20.0 Å². The van der Waals surface area contributed by atoms with Gasteiger partial charge in [-0.25, -0.2) is 4.63 Å². The molecule has 0 aliphatic rings. The van der Waals surface area contributed by atoms with Crippen molar-refractivity contribution in [3.8, 4) is 11.5 Å². The van der Waals surface area contributed by atoms with E-state index in [0.717, 1.165) is 0 Å². The fourth-order valence-electron chi connectivity index (χ4n) is 1.73. The molecule has 3 rings (SSSR count). The van der Waals surface area contributed by atoms with Gasteiger partial charge < -0.3 is 10.5 Å². The quantitative estimate of drug-likeness (QED) is 0.726.